The van der Waals surface area contributed by atoms with Gasteiger partial charge in [0, 0.05) is 26.2 Å². The van der Waals surface area contributed by atoms with Crippen LogP contribution in [-0.2, 0) is 9.84 Å². The molecule has 3 heterocycles. The van der Waals surface area contributed by atoms with Gasteiger partial charge in [-0.25, -0.2) is 8.42 Å². The molecule has 0 atom stereocenters. The first-order chi connectivity index (χ1) is 9.53. The average Bonchev–Trinajstić information content (AvgIpc) is 2.91. The summed E-state index contributed by atoms with van der Waals surface area (Å²) < 4.78 is 22.9. The van der Waals surface area contributed by atoms with E-state index in [0.29, 0.717) is 25.0 Å². The Labute approximate surface area is 122 Å². The summed E-state index contributed by atoms with van der Waals surface area (Å²) in [6.07, 6.45) is 2.25. The van der Waals surface area contributed by atoms with Crippen molar-refractivity contribution in [3.05, 3.63) is 5.28 Å². The van der Waals surface area contributed by atoms with Crippen molar-refractivity contribution in [2.75, 3.05) is 47.5 Å². The number of halogens is 1. The molecule has 0 aromatic carbocycles. The van der Waals surface area contributed by atoms with Gasteiger partial charge in [0.1, 0.15) is 0 Å². The van der Waals surface area contributed by atoms with Crippen LogP contribution in [0.5, 0.6) is 0 Å². The summed E-state index contributed by atoms with van der Waals surface area (Å²) in [6, 6.07) is 0. The third kappa shape index (κ3) is 2.95. The number of aromatic nitrogens is 3. The molecule has 7 nitrogen and oxygen atoms in total. The number of anilines is 2. The van der Waals surface area contributed by atoms with Crippen LogP contribution in [0.15, 0.2) is 0 Å². The first-order valence-corrected chi connectivity index (χ1v) is 8.85. The van der Waals surface area contributed by atoms with Gasteiger partial charge in [-0.15, -0.1) is 0 Å². The third-order valence-electron chi connectivity index (χ3n) is 3.60. The highest BCUT2D eigenvalue weighted by molar-refractivity contribution is 7.91. The van der Waals surface area contributed by atoms with Crippen LogP contribution >= 0.6 is 11.6 Å². The molecule has 2 aliphatic rings. The summed E-state index contributed by atoms with van der Waals surface area (Å²) in [7, 11) is -2.92. The second-order valence-electron chi connectivity index (χ2n) is 5.04. The molecule has 2 saturated heterocycles. The number of sulfone groups is 1. The first kappa shape index (κ1) is 13.8. The maximum Gasteiger partial charge on any atom is 0.231 e. The Balaban J connectivity index is 1.82. The van der Waals surface area contributed by atoms with E-state index in [9.17, 15) is 8.42 Å². The lowest BCUT2D eigenvalue weighted by atomic mass is 10.4. The maximum absolute atomic E-state index is 11.5. The lowest BCUT2D eigenvalue weighted by molar-refractivity contribution is 0.585. The highest BCUT2D eigenvalue weighted by Crippen LogP contribution is 2.21. The van der Waals surface area contributed by atoms with Crippen molar-refractivity contribution in [2.45, 2.75) is 12.8 Å². The Kier molecular flexibility index (Phi) is 3.68. The van der Waals surface area contributed by atoms with Gasteiger partial charge < -0.3 is 9.80 Å². The van der Waals surface area contributed by atoms with Gasteiger partial charge in [0.2, 0.25) is 17.2 Å². The van der Waals surface area contributed by atoms with Crippen LogP contribution < -0.4 is 9.80 Å². The number of rotatable bonds is 2. The van der Waals surface area contributed by atoms with E-state index in [1.807, 2.05) is 4.90 Å². The highest BCUT2D eigenvalue weighted by atomic mass is 35.5. The van der Waals surface area contributed by atoms with Crippen molar-refractivity contribution in [1.82, 2.24) is 15.0 Å². The van der Waals surface area contributed by atoms with E-state index in [-0.39, 0.29) is 16.8 Å². The van der Waals surface area contributed by atoms with Gasteiger partial charge in [-0.3, -0.25) is 0 Å². The Hall–Kier alpha value is -1.15. The minimum Gasteiger partial charge on any atom is -0.341 e. The molecule has 0 saturated carbocycles. The van der Waals surface area contributed by atoms with E-state index < -0.39 is 9.84 Å². The molecule has 2 aliphatic heterocycles. The number of hydrogen-bond acceptors (Lipinski definition) is 7. The lowest BCUT2D eigenvalue weighted by Gasteiger charge is -2.27. The first-order valence-electron chi connectivity index (χ1n) is 6.65. The summed E-state index contributed by atoms with van der Waals surface area (Å²) in [4.78, 5) is 16.7. The second kappa shape index (κ2) is 5.33. The van der Waals surface area contributed by atoms with Gasteiger partial charge >= 0.3 is 0 Å². The van der Waals surface area contributed by atoms with E-state index >= 15 is 0 Å². The van der Waals surface area contributed by atoms with Crippen molar-refractivity contribution >= 4 is 33.3 Å². The molecular formula is C11H16ClN5O2S. The number of nitrogens with zero attached hydrogens (tertiary/aromatic N) is 5. The fourth-order valence-electron chi connectivity index (χ4n) is 2.44. The largest absolute Gasteiger partial charge is 0.341 e. The molecule has 20 heavy (non-hydrogen) atoms. The normalized spacial score (nSPS) is 22.2. The Morgan fingerprint density at radius 1 is 0.850 bits per heavy atom. The van der Waals surface area contributed by atoms with Gasteiger partial charge in [0.25, 0.3) is 0 Å². The topological polar surface area (TPSA) is 79.3 Å². The lowest BCUT2D eigenvalue weighted by Crippen LogP contribution is -2.41. The van der Waals surface area contributed by atoms with Crippen LogP contribution in [0.3, 0.4) is 0 Å². The van der Waals surface area contributed by atoms with Gasteiger partial charge in [0.05, 0.1) is 11.5 Å². The van der Waals surface area contributed by atoms with Crippen LogP contribution in [-0.4, -0.2) is 61.1 Å². The van der Waals surface area contributed by atoms with E-state index in [1.54, 1.807) is 0 Å². The van der Waals surface area contributed by atoms with Crippen LogP contribution in [0.25, 0.3) is 0 Å². The summed E-state index contributed by atoms with van der Waals surface area (Å²) in [6.45, 7) is 2.66. The van der Waals surface area contributed by atoms with Crippen molar-refractivity contribution in [1.29, 1.82) is 0 Å². The zero-order chi connectivity index (χ0) is 14.2. The molecule has 3 rings (SSSR count). The van der Waals surface area contributed by atoms with Gasteiger partial charge in [-0.05, 0) is 24.4 Å². The molecule has 0 spiro atoms. The fourth-order valence-corrected chi connectivity index (χ4v) is 3.79. The molecule has 0 radical (unpaired) electrons. The van der Waals surface area contributed by atoms with E-state index in [4.69, 9.17) is 11.6 Å². The van der Waals surface area contributed by atoms with E-state index in [2.05, 4.69) is 19.9 Å². The van der Waals surface area contributed by atoms with Crippen LogP contribution in [0, 0.1) is 0 Å². The molecule has 0 aliphatic carbocycles. The molecule has 1 aromatic rings. The summed E-state index contributed by atoms with van der Waals surface area (Å²) in [5.74, 6) is 1.33. The van der Waals surface area contributed by atoms with Crippen molar-refractivity contribution in [2.24, 2.45) is 0 Å². The Bertz CT molecular complexity index is 589. The van der Waals surface area contributed by atoms with Crippen LogP contribution in [0.1, 0.15) is 12.8 Å². The third-order valence-corrected chi connectivity index (χ3v) is 5.38. The Morgan fingerprint density at radius 3 is 1.90 bits per heavy atom. The highest BCUT2D eigenvalue weighted by Gasteiger charge is 2.25. The van der Waals surface area contributed by atoms with Crippen LogP contribution in [0.4, 0.5) is 11.9 Å². The van der Waals surface area contributed by atoms with Gasteiger partial charge in [-0.1, -0.05) is 0 Å². The van der Waals surface area contributed by atoms with E-state index in [0.717, 1.165) is 25.9 Å². The molecule has 0 amide bonds. The molecule has 1 aromatic heterocycles. The minimum absolute atomic E-state index is 0.134. The Morgan fingerprint density at radius 2 is 1.35 bits per heavy atom. The van der Waals surface area contributed by atoms with E-state index in [1.165, 1.54) is 0 Å². The molecular weight excluding hydrogens is 302 g/mol. The minimum atomic E-state index is -2.92. The van der Waals surface area contributed by atoms with Gasteiger partial charge in [0.15, 0.2) is 9.84 Å². The monoisotopic (exact) mass is 317 g/mol. The molecule has 0 N–H and O–H groups in total. The van der Waals surface area contributed by atoms with Crippen LogP contribution in [0.2, 0.25) is 5.28 Å². The number of hydrogen-bond donors (Lipinski definition) is 0. The molecule has 0 bridgehead atoms. The summed E-state index contributed by atoms with van der Waals surface area (Å²) in [5.41, 5.74) is 0. The van der Waals surface area contributed by atoms with Crippen molar-refractivity contribution in [3.8, 4) is 0 Å². The second-order valence-corrected chi connectivity index (χ2v) is 7.68. The standard InChI is InChI=1S/C11H16ClN5O2S/c12-9-13-10(16-3-1-2-4-16)15-11(14-9)17-5-7-20(18,19)8-6-17/h1-8H2. The predicted octanol–water partition coefficient (Wildman–Crippen LogP) is 0.360. The predicted molar refractivity (Wildman–Crippen MR) is 77.2 cm³/mol. The van der Waals surface area contributed by atoms with Gasteiger partial charge in [-0.2, -0.15) is 15.0 Å². The molecule has 110 valence electrons. The summed E-state index contributed by atoms with van der Waals surface area (Å²) in [5, 5.41) is 0.158. The molecule has 2 fully saturated rings. The zero-order valence-electron chi connectivity index (χ0n) is 11.0. The molecule has 0 unspecified atom stereocenters. The molecule has 9 heteroatoms. The summed E-state index contributed by atoms with van der Waals surface area (Å²) >= 11 is 5.97. The SMILES string of the molecule is O=S1(=O)CCN(c2nc(Cl)nc(N3CCCC3)n2)CC1. The zero-order valence-corrected chi connectivity index (χ0v) is 12.6. The maximum atomic E-state index is 11.5. The van der Waals surface area contributed by atoms with Crippen molar-refractivity contribution in [3.63, 3.8) is 0 Å². The fraction of sp³-hybridized carbons (Fsp3) is 0.727. The van der Waals surface area contributed by atoms with Crippen molar-refractivity contribution < 1.29 is 8.42 Å². The quantitative estimate of drug-likeness (QED) is 0.779. The average molecular weight is 318 g/mol. The smallest absolute Gasteiger partial charge is 0.231 e.